The molecule has 0 unspecified atom stereocenters. The van der Waals surface area contributed by atoms with Gasteiger partial charge in [0.25, 0.3) is 0 Å². The quantitative estimate of drug-likeness (QED) is 0.0304. The summed E-state index contributed by atoms with van der Waals surface area (Å²) >= 11 is 0. The molecule has 0 saturated heterocycles. The molecule has 0 radical (unpaired) electrons. The van der Waals surface area contributed by atoms with Crippen LogP contribution in [0.2, 0.25) is 0 Å². The average molecular weight is 709 g/mol. The Balaban J connectivity index is 3.33. The number of carboxylic acids is 1. The number of aliphatic imine (C=N–C) groups is 1. The molecule has 20 heteroatoms. The van der Waals surface area contributed by atoms with Crippen LogP contribution in [0.5, 0.6) is 0 Å². The number of aliphatic hydroxyl groups excluding tert-OH is 2. The Morgan fingerprint density at radius 2 is 1.18 bits per heavy atom. The van der Waals surface area contributed by atoms with Crippen LogP contribution in [0.15, 0.2) is 35.3 Å². The first-order valence-corrected chi connectivity index (χ1v) is 15.6. The summed E-state index contributed by atoms with van der Waals surface area (Å²) < 4.78 is 0. The molecule has 16 N–H and O–H groups in total. The summed E-state index contributed by atoms with van der Waals surface area (Å²) in [5.74, 6) is -7.89. The number of rotatable bonds is 22. The minimum absolute atomic E-state index is 0.0184. The van der Waals surface area contributed by atoms with E-state index in [1.165, 1.54) is 0 Å². The number of aliphatic hydroxyl groups is 2. The number of aliphatic carboxylic acids is 1. The number of nitrogens with one attached hydrogen (secondary N) is 5. The molecule has 0 saturated carbocycles. The number of carboxylic acid groups (broad SMARTS) is 1. The zero-order valence-corrected chi connectivity index (χ0v) is 27.8. The van der Waals surface area contributed by atoms with Gasteiger partial charge in [0.2, 0.25) is 35.4 Å². The van der Waals surface area contributed by atoms with Crippen molar-refractivity contribution in [2.24, 2.45) is 33.8 Å². The fraction of sp³-hybridized carbons (Fsp3) is 0.533. The lowest BCUT2D eigenvalue weighted by Gasteiger charge is -2.26. The third kappa shape index (κ3) is 15.3. The van der Waals surface area contributed by atoms with E-state index in [2.05, 4.69) is 31.6 Å². The van der Waals surface area contributed by atoms with Gasteiger partial charge in [-0.1, -0.05) is 44.2 Å². The fourth-order valence-corrected chi connectivity index (χ4v) is 4.28. The number of nitrogens with zero attached hydrogens (tertiary/aromatic N) is 1. The van der Waals surface area contributed by atoms with E-state index in [0.717, 1.165) is 0 Å². The van der Waals surface area contributed by atoms with Crippen molar-refractivity contribution in [2.45, 2.75) is 75.8 Å². The second kappa shape index (κ2) is 21.6. The van der Waals surface area contributed by atoms with Gasteiger partial charge in [-0.05, 0) is 24.3 Å². The van der Waals surface area contributed by atoms with Crippen LogP contribution in [0.4, 0.5) is 0 Å². The zero-order chi connectivity index (χ0) is 38.0. The van der Waals surface area contributed by atoms with Gasteiger partial charge in [0.05, 0.1) is 25.7 Å². The predicted octanol–water partition coefficient (Wildman–Crippen LogP) is -5.37. The van der Waals surface area contributed by atoms with Crippen molar-refractivity contribution in [2.75, 3.05) is 19.8 Å². The molecule has 0 aliphatic carbocycles. The van der Waals surface area contributed by atoms with Crippen LogP contribution in [0.1, 0.15) is 38.7 Å². The maximum absolute atomic E-state index is 13.6. The second-order valence-electron chi connectivity index (χ2n) is 11.6. The van der Waals surface area contributed by atoms with E-state index in [1.54, 1.807) is 44.2 Å². The van der Waals surface area contributed by atoms with E-state index < -0.39 is 97.3 Å². The van der Waals surface area contributed by atoms with Gasteiger partial charge in [-0.3, -0.25) is 33.8 Å². The van der Waals surface area contributed by atoms with Crippen LogP contribution in [0.3, 0.4) is 0 Å². The number of hydrogen-bond donors (Lipinski definition) is 12. The summed E-state index contributed by atoms with van der Waals surface area (Å²) in [7, 11) is 0. The number of benzene rings is 1. The molecule has 20 nitrogen and oxygen atoms in total. The molecule has 0 heterocycles. The molecule has 6 atom stereocenters. The third-order valence-corrected chi connectivity index (χ3v) is 7.17. The number of amides is 6. The van der Waals surface area contributed by atoms with Crippen LogP contribution in [-0.4, -0.2) is 119 Å². The summed E-state index contributed by atoms with van der Waals surface area (Å²) in [5, 5.41) is 40.0. The smallest absolute Gasteiger partial charge is 0.328 e. The second-order valence-corrected chi connectivity index (χ2v) is 11.6. The Morgan fingerprint density at radius 3 is 1.70 bits per heavy atom. The Hall–Kier alpha value is -5.34. The highest BCUT2D eigenvalue weighted by molar-refractivity contribution is 5.98. The summed E-state index contributed by atoms with van der Waals surface area (Å²) in [6.07, 6.45) is -0.907. The van der Waals surface area contributed by atoms with Crippen molar-refractivity contribution >= 4 is 47.4 Å². The summed E-state index contributed by atoms with van der Waals surface area (Å²) in [6.45, 7) is 1.51. The van der Waals surface area contributed by atoms with Crippen molar-refractivity contribution in [1.29, 1.82) is 0 Å². The predicted molar refractivity (Wildman–Crippen MR) is 178 cm³/mol. The highest BCUT2D eigenvalue weighted by Crippen LogP contribution is 2.08. The van der Waals surface area contributed by atoms with Crippen molar-refractivity contribution in [1.82, 2.24) is 26.6 Å². The number of primary amides is 1. The standard InChI is InChI=1S/C30H48N10O10/c1-15(2)23(32)28(48)39-20(13-41)27(47)38-19(12-22(31)43)26(46)36-17(9-6-10-35-30(33)34)24(44)37-18(11-16-7-4-3-5-8-16)25(45)40-21(14-42)29(49)50/h3-5,7-8,15,17-21,23,41-42H,6,9-14,32H2,1-2H3,(H2,31,43)(H,36,46)(H,37,44)(H,38,47)(H,39,48)(H,40,45)(H,49,50)(H4,33,34,35)/t17-,18-,19-,20-,21-,23-/m0/s1. The molecule has 1 rings (SSSR count). The van der Waals surface area contributed by atoms with E-state index in [-0.39, 0.29) is 37.7 Å². The highest BCUT2D eigenvalue weighted by atomic mass is 16.4. The van der Waals surface area contributed by atoms with Crippen molar-refractivity contribution in [3.05, 3.63) is 35.9 Å². The number of guanidine groups is 1. The minimum atomic E-state index is -1.69. The first-order valence-electron chi connectivity index (χ1n) is 15.6. The molecular weight excluding hydrogens is 660 g/mol. The van der Waals surface area contributed by atoms with Crippen LogP contribution < -0.4 is 49.5 Å². The number of carbonyl (C=O) groups excluding carboxylic acids is 6. The minimum Gasteiger partial charge on any atom is -0.480 e. The lowest BCUT2D eigenvalue weighted by Crippen LogP contribution is -2.60. The Morgan fingerprint density at radius 1 is 0.700 bits per heavy atom. The number of hydrogen-bond acceptors (Lipinski definition) is 11. The lowest BCUT2D eigenvalue weighted by molar-refractivity contribution is -0.143. The summed E-state index contributed by atoms with van der Waals surface area (Å²) in [5.41, 5.74) is 22.4. The normalized spacial score (nSPS) is 14.4. The highest BCUT2D eigenvalue weighted by Gasteiger charge is 2.33. The number of carbonyl (C=O) groups is 7. The topological polar surface area (TPSA) is 357 Å². The molecule has 0 aromatic heterocycles. The van der Waals surface area contributed by atoms with E-state index in [9.17, 15) is 48.9 Å². The van der Waals surface area contributed by atoms with Crippen LogP contribution in [-0.2, 0) is 40.0 Å². The van der Waals surface area contributed by atoms with Crippen LogP contribution in [0.25, 0.3) is 0 Å². The Kier molecular flexibility index (Phi) is 18.4. The van der Waals surface area contributed by atoms with Crippen molar-refractivity contribution in [3.63, 3.8) is 0 Å². The Bertz CT molecular complexity index is 1360. The zero-order valence-electron chi connectivity index (χ0n) is 27.8. The molecule has 6 amide bonds. The fourth-order valence-electron chi connectivity index (χ4n) is 4.28. The third-order valence-electron chi connectivity index (χ3n) is 7.17. The maximum atomic E-state index is 13.6. The van der Waals surface area contributed by atoms with Crippen LogP contribution in [0, 0.1) is 5.92 Å². The van der Waals surface area contributed by atoms with Crippen LogP contribution >= 0.6 is 0 Å². The lowest BCUT2D eigenvalue weighted by atomic mass is 10.0. The molecule has 50 heavy (non-hydrogen) atoms. The van der Waals surface area contributed by atoms with Gasteiger partial charge >= 0.3 is 5.97 Å². The van der Waals surface area contributed by atoms with E-state index in [0.29, 0.717) is 5.56 Å². The molecule has 1 aromatic carbocycles. The molecule has 0 aliphatic heterocycles. The molecule has 0 fully saturated rings. The molecule has 0 spiro atoms. The molecule has 0 aliphatic rings. The number of nitrogens with two attached hydrogens (primary N) is 4. The molecule has 1 aromatic rings. The van der Waals surface area contributed by atoms with Gasteiger partial charge in [-0.2, -0.15) is 0 Å². The van der Waals surface area contributed by atoms with E-state index >= 15 is 0 Å². The SMILES string of the molecule is CC(C)[C@H](N)C(=O)N[C@@H](CO)C(=O)N[C@@H](CC(N)=O)C(=O)N[C@@H](CCCN=C(N)N)C(=O)N[C@@H](Cc1ccccc1)C(=O)N[C@@H](CO)C(=O)O. The van der Waals surface area contributed by atoms with Gasteiger partial charge in [-0.25, -0.2) is 4.79 Å². The van der Waals surface area contributed by atoms with Gasteiger partial charge in [0.1, 0.15) is 30.2 Å². The van der Waals surface area contributed by atoms with Gasteiger partial charge in [0.15, 0.2) is 5.96 Å². The first-order chi connectivity index (χ1) is 23.5. The van der Waals surface area contributed by atoms with E-state index in [1.807, 2.05) is 0 Å². The van der Waals surface area contributed by atoms with Gasteiger partial charge in [-0.15, -0.1) is 0 Å². The van der Waals surface area contributed by atoms with Crippen molar-refractivity contribution < 1.29 is 48.9 Å². The molecule has 0 bridgehead atoms. The largest absolute Gasteiger partial charge is 0.480 e. The van der Waals surface area contributed by atoms with Gasteiger partial charge in [0, 0.05) is 13.0 Å². The Labute approximate surface area is 288 Å². The summed E-state index contributed by atoms with van der Waals surface area (Å²) in [6, 6.07) is -0.453. The monoisotopic (exact) mass is 708 g/mol. The van der Waals surface area contributed by atoms with E-state index in [4.69, 9.17) is 22.9 Å². The molecule has 278 valence electrons. The van der Waals surface area contributed by atoms with Gasteiger partial charge < -0.3 is 64.8 Å². The molecular formula is C30H48N10O10. The average Bonchev–Trinajstić information content (AvgIpc) is 3.05. The maximum Gasteiger partial charge on any atom is 0.328 e. The first kappa shape index (κ1) is 42.7. The van der Waals surface area contributed by atoms with Crippen molar-refractivity contribution in [3.8, 4) is 0 Å². The summed E-state index contributed by atoms with van der Waals surface area (Å²) in [4.78, 5) is 92.7.